The van der Waals surface area contributed by atoms with Crippen molar-refractivity contribution >= 4 is 11.9 Å². The average Bonchev–Trinajstić information content (AvgIpc) is 2.99. The molecule has 5 heteroatoms. The largest absolute Gasteiger partial charge is 0.481 e. The first-order valence-corrected chi connectivity index (χ1v) is 6.10. The van der Waals surface area contributed by atoms with E-state index < -0.39 is 5.97 Å². The number of carbonyl (C=O) groups is 2. The Morgan fingerprint density at radius 1 is 1.41 bits per heavy atom. The predicted molar refractivity (Wildman–Crippen MR) is 60.5 cm³/mol. The fourth-order valence-electron chi connectivity index (χ4n) is 2.67. The maximum Gasteiger partial charge on any atom is 0.305 e. The molecule has 17 heavy (non-hydrogen) atoms. The van der Waals surface area contributed by atoms with Crippen LogP contribution in [0.2, 0.25) is 0 Å². The maximum atomic E-state index is 12.1. The van der Waals surface area contributed by atoms with Crippen molar-refractivity contribution in [2.75, 3.05) is 26.8 Å². The fraction of sp³-hybridized carbons (Fsp3) is 0.833. The zero-order valence-electron chi connectivity index (χ0n) is 10.1. The number of carboxylic acids is 1. The highest BCUT2D eigenvalue weighted by atomic mass is 16.5. The standard InChI is InChI=1S/C12H19NO4/c1-13(5-2-10(14)15)11(16)9-8-12(9)3-6-17-7-4-12/h9H,2-8H2,1H3,(H,14,15)/t9-/m1/s1. The minimum absolute atomic E-state index is 0.0189. The van der Waals surface area contributed by atoms with Gasteiger partial charge in [-0.2, -0.15) is 0 Å². The predicted octanol–water partition coefficient (Wildman–Crippen LogP) is 0.736. The average molecular weight is 241 g/mol. The minimum atomic E-state index is -0.860. The molecule has 1 heterocycles. The van der Waals surface area contributed by atoms with E-state index in [2.05, 4.69) is 0 Å². The van der Waals surface area contributed by atoms with Gasteiger partial charge in [-0.05, 0) is 24.7 Å². The van der Waals surface area contributed by atoms with Gasteiger partial charge in [-0.3, -0.25) is 9.59 Å². The molecule has 2 aliphatic rings. The Balaban J connectivity index is 1.83. The van der Waals surface area contributed by atoms with E-state index in [0.717, 1.165) is 32.5 Å². The molecule has 1 N–H and O–H groups in total. The molecule has 1 aliphatic carbocycles. The first-order chi connectivity index (χ1) is 8.05. The van der Waals surface area contributed by atoms with Crippen LogP contribution in [0.1, 0.15) is 25.7 Å². The Labute approximate surface area is 101 Å². The van der Waals surface area contributed by atoms with E-state index >= 15 is 0 Å². The summed E-state index contributed by atoms with van der Waals surface area (Å²) in [4.78, 5) is 24.1. The number of carboxylic acid groups (broad SMARTS) is 1. The molecule has 1 amide bonds. The molecule has 0 aromatic carbocycles. The number of nitrogens with zero attached hydrogens (tertiary/aromatic N) is 1. The molecule has 0 aromatic rings. The van der Waals surface area contributed by atoms with Crippen molar-refractivity contribution in [2.45, 2.75) is 25.7 Å². The number of hydrogen-bond donors (Lipinski definition) is 1. The molecule has 0 bridgehead atoms. The highest BCUT2D eigenvalue weighted by Gasteiger charge is 2.58. The first-order valence-electron chi connectivity index (χ1n) is 6.10. The van der Waals surface area contributed by atoms with Gasteiger partial charge in [0, 0.05) is 32.7 Å². The van der Waals surface area contributed by atoms with Crippen molar-refractivity contribution in [3.05, 3.63) is 0 Å². The van der Waals surface area contributed by atoms with Gasteiger partial charge in [0.1, 0.15) is 0 Å². The second-order valence-electron chi connectivity index (χ2n) is 5.13. The van der Waals surface area contributed by atoms with E-state index in [9.17, 15) is 9.59 Å². The van der Waals surface area contributed by atoms with Gasteiger partial charge < -0.3 is 14.7 Å². The summed E-state index contributed by atoms with van der Waals surface area (Å²) in [7, 11) is 1.69. The van der Waals surface area contributed by atoms with Gasteiger partial charge in [0.2, 0.25) is 5.91 Å². The number of hydrogen-bond acceptors (Lipinski definition) is 3. The topological polar surface area (TPSA) is 66.8 Å². The number of rotatable bonds is 4. The molecule has 1 saturated heterocycles. The first kappa shape index (κ1) is 12.4. The van der Waals surface area contributed by atoms with Crippen LogP contribution in [0.4, 0.5) is 0 Å². The quantitative estimate of drug-likeness (QED) is 0.788. The summed E-state index contributed by atoms with van der Waals surface area (Å²) in [6, 6.07) is 0. The maximum absolute atomic E-state index is 12.1. The highest BCUT2D eigenvalue weighted by molar-refractivity contribution is 5.83. The SMILES string of the molecule is CN(CCC(=O)O)C(=O)[C@H]1CC12CCOCC2. The molecule has 1 spiro atoms. The molecule has 1 atom stereocenters. The van der Waals surface area contributed by atoms with Crippen LogP contribution in [-0.2, 0) is 14.3 Å². The summed E-state index contributed by atoms with van der Waals surface area (Å²) in [6.07, 6.45) is 2.91. The third-order valence-electron chi connectivity index (χ3n) is 4.01. The lowest BCUT2D eigenvalue weighted by molar-refractivity contribution is -0.138. The van der Waals surface area contributed by atoms with E-state index in [1.165, 1.54) is 0 Å². The van der Waals surface area contributed by atoms with Crippen molar-refractivity contribution in [3.63, 3.8) is 0 Å². The van der Waals surface area contributed by atoms with Crippen molar-refractivity contribution < 1.29 is 19.4 Å². The summed E-state index contributed by atoms with van der Waals surface area (Å²) in [6.45, 7) is 1.81. The molecule has 96 valence electrons. The van der Waals surface area contributed by atoms with Crippen LogP contribution in [-0.4, -0.2) is 48.7 Å². The number of aliphatic carboxylic acids is 1. The summed E-state index contributed by atoms with van der Waals surface area (Å²) < 4.78 is 5.31. The molecule has 5 nitrogen and oxygen atoms in total. The summed E-state index contributed by atoms with van der Waals surface area (Å²) in [5, 5.41) is 8.59. The van der Waals surface area contributed by atoms with E-state index in [1.807, 2.05) is 0 Å². The fourth-order valence-corrected chi connectivity index (χ4v) is 2.67. The van der Waals surface area contributed by atoms with Crippen molar-refractivity contribution in [2.24, 2.45) is 11.3 Å². The van der Waals surface area contributed by atoms with Gasteiger partial charge in [-0.1, -0.05) is 0 Å². The molecular formula is C12H19NO4. The van der Waals surface area contributed by atoms with E-state index in [0.29, 0.717) is 6.54 Å². The molecule has 0 unspecified atom stereocenters. The van der Waals surface area contributed by atoms with Gasteiger partial charge in [0.05, 0.1) is 6.42 Å². The van der Waals surface area contributed by atoms with Crippen LogP contribution in [0.15, 0.2) is 0 Å². The molecule has 0 radical (unpaired) electrons. The molecule has 0 aromatic heterocycles. The van der Waals surface area contributed by atoms with Gasteiger partial charge in [-0.25, -0.2) is 0 Å². The second kappa shape index (κ2) is 4.64. The molecule has 2 rings (SSSR count). The van der Waals surface area contributed by atoms with Gasteiger partial charge >= 0.3 is 5.97 Å². The van der Waals surface area contributed by atoms with Gasteiger partial charge in [-0.15, -0.1) is 0 Å². The second-order valence-corrected chi connectivity index (χ2v) is 5.13. The molecular weight excluding hydrogens is 222 g/mol. The Kier molecular flexibility index (Phi) is 3.38. The molecule has 1 saturated carbocycles. The third-order valence-corrected chi connectivity index (χ3v) is 4.01. The monoisotopic (exact) mass is 241 g/mol. The Morgan fingerprint density at radius 2 is 2.06 bits per heavy atom. The Morgan fingerprint density at radius 3 is 2.65 bits per heavy atom. The van der Waals surface area contributed by atoms with Crippen LogP contribution in [0, 0.1) is 11.3 Å². The Hall–Kier alpha value is -1.10. The van der Waals surface area contributed by atoms with Crippen LogP contribution in [0.25, 0.3) is 0 Å². The van der Waals surface area contributed by atoms with Crippen LogP contribution >= 0.6 is 0 Å². The minimum Gasteiger partial charge on any atom is -0.481 e. The summed E-state index contributed by atoms with van der Waals surface area (Å²) in [5.41, 5.74) is 0.173. The van der Waals surface area contributed by atoms with Crippen LogP contribution < -0.4 is 0 Å². The van der Waals surface area contributed by atoms with Crippen molar-refractivity contribution in [3.8, 4) is 0 Å². The van der Waals surface area contributed by atoms with Crippen LogP contribution in [0.3, 0.4) is 0 Å². The lowest BCUT2D eigenvalue weighted by atomic mass is 9.93. The zero-order valence-corrected chi connectivity index (χ0v) is 10.1. The van der Waals surface area contributed by atoms with E-state index in [1.54, 1.807) is 11.9 Å². The number of amides is 1. The Bertz CT molecular complexity index is 322. The summed E-state index contributed by atoms with van der Waals surface area (Å²) in [5.74, 6) is -0.653. The van der Waals surface area contributed by atoms with E-state index in [-0.39, 0.29) is 23.7 Å². The highest BCUT2D eigenvalue weighted by Crippen LogP contribution is 2.59. The summed E-state index contributed by atoms with van der Waals surface area (Å²) >= 11 is 0. The number of ether oxygens (including phenoxy) is 1. The molecule has 2 fully saturated rings. The lowest BCUT2D eigenvalue weighted by Gasteiger charge is -2.24. The lowest BCUT2D eigenvalue weighted by Crippen LogP contribution is -2.33. The zero-order chi connectivity index (χ0) is 12.5. The van der Waals surface area contributed by atoms with E-state index in [4.69, 9.17) is 9.84 Å². The normalized spacial score (nSPS) is 25.6. The van der Waals surface area contributed by atoms with Gasteiger partial charge in [0.25, 0.3) is 0 Å². The molecule has 1 aliphatic heterocycles. The van der Waals surface area contributed by atoms with Crippen molar-refractivity contribution in [1.82, 2.24) is 4.90 Å². The van der Waals surface area contributed by atoms with Crippen LogP contribution in [0.5, 0.6) is 0 Å². The third kappa shape index (κ3) is 2.60. The number of carbonyl (C=O) groups excluding carboxylic acids is 1. The smallest absolute Gasteiger partial charge is 0.305 e. The van der Waals surface area contributed by atoms with Crippen molar-refractivity contribution in [1.29, 1.82) is 0 Å². The van der Waals surface area contributed by atoms with Gasteiger partial charge in [0.15, 0.2) is 0 Å².